The van der Waals surface area contributed by atoms with E-state index in [9.17, 15) is 15.0 Å². The van der Waals surface area contributed by atoms with Gasteiger partial charge in [0.1, 0.15) is 0 Å². The number of aliphatic hydroxyl groups excluding tert-OH is 2. The van der Waals surface area contributed by atoms with Crippen LogP contribution in [0.1, 0.15) is 25.7 Å². The maximum absolute atomic E-state index is 12.1. The third-order valence-electron chi connectivity index (χ3n) is 6.86. The first-order chi connectivity index (χ1) is 24.0. The third kappa shape index (κ3) is 28.1. The van der Waals surface area contributed by atoms with Crippen molar-refractivity contribution in [3.63, 3.8) is 0 Å². The van der Waals surface area contributed by atoms with Gasteiger partial charge in [0, 0.05) is 30.9 Å². The number of amides is 1. The van der Waals surface area contributed by atoms with Crippen LogP contribution in [0.5, 0.6) is 0 Å². The molecule has 0 aromatic rings. The van der Waals surface area contributed by atoms with Crippen LogP contribution in [0.2, 0.25) is 130 Å². The van der Waals surface area contributed by atoms with E-state index in [0.29, 0.717) is 38.1 Å². The highest BCUT2D eigenvalue weighted by Crippen LogP contribution is 2.32. The van der Waals surface area contributed by atoms with Crippen LogP contribution in [-0.4, -0.2) is 122 Å². The molecular weight excluding hydrogens is 823 g/mol. The van der Waals surface area contributed by atoms with E-state index in [1.165, 1.54) is 0 Å². The summed E-state index contributed by atoms with van der Waals surface area (Å²) in [7, 11) is -17.9. The molecule has 0 aliphatic carbocycles. The first kappa shape index (κ1) is 54.5. The van der Waals surface area contributed by atoms with Gasteiger partial charge in [-0.3, -0.25) is 4.79 Å². The summed E-state index contributed by atoms with van der Waals surface area (Å²) in [5.41, 5.74) is 5.76. The molecule has 2 atom stereocenters. The Hall–Kier alpha value is 0.545. The lowest BCUT2D eigenvalue weighted by atomic mass is 9.88. The molecule has 0 fully saturated rings. The Morgan fingerprint density at radius 2 is 0.759 bits per heavy atom. The Kier molecular flexibility index (Phi) is 22.5. The van der Waals surface area contributed by atoms with Gasteiger partial charge in [-0.15, -0.1) is 0 Å². The summed E-state index contributed by atoms with van der Waals surface area (Å²) in [4.78, 5) is 12.1. The first-order valence-corrected chi connectivity index (χ1v) is 44.0. The van der Waals surface area contributed by atoms with E-state index in [2.05, 4.69) is 124 Å². The molecule has 20 heteroatoms. The van der Waals surface area contributed by atoms with Crippen LogP contribution in [0.3, 0.4) is 0 Å². The molecule has 2 unspecified atom stereocenters. The second-order valence-corrected chi connectivity index (χ2v) is 54.4. The van der Waals surface area contributed by atoms with Gasteiger partial charge in [-0.1, -0.05) is 6.58 Å². The molecule has 0 aromatic heterocycles. The van der Waals surface area contributed by atoms with Crippen molar-refractivity contribution in [1.29, 1.82) is 0 Å². The number of aliphatic hydroxyl groups is 2. The van der Waals surface area contributed by atoms with E-state index in [0.717, 1.165) is 0 Å². The van der Waals surface area contributed by atoms with Crippen molar-refractivity contribution in [1.82, 2.24) is 0 Å². The minimum Gasteiger partial charge on any atom is -0.417 e. The van der Waals surface area contributed by atoms with Crippen LogP contribution in [0, 0.1) is 5.92 Å². The zero-order valence-electron chi connectivity index (χ0n) is 37.7. The Bertz CT molecular complexity index is 972. The summed E-state index contributed by atoms with van der Waals surface area (Å²) in [6, 6.07) is 1.28. The Morgan fingerprint density at radius 3 is 0.963 bits per heavy atom. The maximum atomic E-state index is 12.1. The summed E-state index contributed by atoms with van der Waals surface area (Å²) in [5.74, 6) is -1.20. The standard InChI is InChI=1S/C34H83NO11Si8/c1-30(34(35)38)31(26-32(36)28-39-22-20-24-53(41-47(2,3)4,42-48(5,6)7)43-49(8,9)10)27-33(37)29-40-23-21-25-54(44-50(11,12)13,45-51(14,15)16)46-52(17,18)19/h31-33,36-37H,1,20-29H2,2-19H3,(H2,35,38). The number of hydrogen-bond donors (Lipinski definition) is 3. The van der Waals surface area contributed by atoms with Crippen molar-refractivity contribution in [3.05, 3.63) is 12.2 Å². The number of hydrogen-bond acceptors (Lipinski definition) is 11. The molecule has 54 heavy (non-hydrogen) atoms. The molecular formula is C34H83NO11Si8. The predicted octanol–water partition coefficient (Wildman–Crippen LogP) is 7.95. The summed E-state index contributed by atoms with van der Waals surface area (Å²) in [6.45, 7) is 43.7. The van der Waals surface area contributed by atoms with Gasteiger partial charge < -0.3 is 50.1 Å². The molecule has 0 radical (unpaired) electrons. The molecule has 0 aliphatic heterocycles. The lowest BCUT2D eigenvalue weighted by Gasteiger charge is -2.43. The SMILES string of the molecule is C=C(C(N)=O)C(CC(O)COCCC[Si](O[Si](C)(C)C)(O[Si](C)(C)C)O[Si](C)(C)C)CC(O)COCCC[Si](O[Si](C)(C)C)(O[Si](C)(C)C)O[Si](C)(C)C. The van der Waals surface area contributed by atoms with Crippen LogP contribution in [0.15, 0.2) is 12.2 Å². The van der Waals surface area contributed by atoms with Crippen molar-refractivity contribution in [2.45, 2.75) is 168 Å². The fraction of sp³-hybridized carbons (Fsp3) is 0.912. The summed E-state index contributed by atoms with van der Waals surface area (Å²) >= 11 is 0. The lowest BCUT2D eigenvalue weighted by molar-refractivity contribution is -0.115. The van der Waals surface area contributed by atoms with Crippen LogP contribution in [0.25, 0.3) is 0 Å². The van der Waals surface area contributed by atoms with E-state index in [-0.39, 0.29) is 31.6 Å². The maximum Gasteiger partial charge on any atom is 0.469 e. The van der Waals surface area contributed by atoms with E-state index in [1.807, 2.05) is 0 Å². The normalized spacial score (nSPS) is 16.0. The van der Waals surface area contributed by atoms with Gasteiger partial charge in [-0.05, 0) is 149 Å². The molecule has 0 spiro atoms. The van der Waals surface area contributed by atoms with E-state index in [1.54, 1.807) is 0 Å². The minimum absolute atomic E-state index is 0.0620. The smallest absolute Gasteiger partial charge is 0.417 e. The second kappa shape index (κ2) is 22.2. The zero-order chi connectivity index (χ0) is 42.6. The van der Waals surface area contributed by atoms with Gasteiger partial charge in [0.05, 0.1) is 25.4 Å². The van der Waals surface area contributed by atoms with Gasteiger partial charge in [-0.25, -0.2) is 0 Å². The van der Waals surface area contributed by atoms with Crippen molar-refractivity contribution < 1.29 is 49.2 Å². The van der Waals surface area contributed by atoms with E-state index >= 15 is 0 Å². The zero-order valence-corrected chi connectivity index (χ0v) is 45.7. The summed E-state index contributed by atoms with van der Waals surface area (Å²) in [6.07, 6.45) is -0.130. The Balaban J connectivity index is 5.36. The van der Waals surface area contributed by atoms with Crippen molar-refractivity contribution in [3.8, 4) is 0 Å². The third-order valence-corrected chi connectivity index (χ3v) is 30.9. The fourth-order valence-corrected chi connectivity index (χ4v) is 35.1. The van der Waals surface area contributed by atoms with Gasteiger partial charge in [-0.2, -0.15) is 0 Å². The van der Waals surface area contributed by atoms with Gasteiger partial charge in [0.2, 0.25) is 5.91 Å². The van der Waals surface area contributed by atoms with Crippen LogP contribution in [0.4, 0.5) is 0 Å². The first-order valence-electron chi connectivity index (χ1n) is 19.7. The number of rotatable bonds is 30. The number of carbonyl (C=O) groups is 1. The molecule has 0 saturated heterocycles. The van der Waals surface area contributed by atoms with Crippen LogP contribution < -0.4 is 5.73 Å². The van der Waals surface area contributed by atoms with Crippen molar-refractivity contribution in [2.24, 2.45) is 11.7 Å². The lowest BCUT2D eigenvalue weighted by Crippen LogP contribution is -2.60. The Morgan fingerprint density at radius 1 is 0.519 bits per heavy atom. The average Bonchev–Trinajstić information content (AvgIpc) is 2.85. The number of primary amides is 1. The molecule has 0 saturated carbocycles. The predicted molar refractivity (Wildman–Crippen MR) is 242 cm³/mol. The molecule has 1 amide bonds. The van der Waals surface area contributed by atoms with Crippen molar-refractivity contribution in [2.75, 3.05) is 26.4 Å². The topological polar surface area (TPSA) is 157 Å². The highest BCUT2D eigenvalue weighted by atomic mass is 28.5. The molecule has 0 rings (SSSR count). The van der Waals surface area contributed by atoms with Crippen LogP contribution >= 0.6 is 0 Å². The van der Waals surface area contributed by atoms with Crippen molar-refractivity contribution >= 4 is 73.4 Å². The van der Waals surface area contributed by atoms with E-state index < -0.39 is 91.5 Å². The highest BCUT2D eigenvalue weighted by Gasteiger charge is 2.51. The summed E-state index contributed by atoms with van der Waals surface area (Å²) < 4.78 is 52.4. The molecule has 0 heterocycles. The molecule has 0 aromatic carbocycles. The Labute approximate surface area is 339 Å². The van der Waals surface area contributed by atoms with Gasteiger partial charge in [0.25, 0.3) is 0 Å². The molecule has 0 bridgehead atoms. The van der Waals surface area contributed by atoms with Crippen LogP contribution in [-0.2, 0) is 39.0 Å². The van der Waals surface area contributed by atoms with Gasteiger partial charge in [0.15, 0.2) is 49.9 Å². The molecule has 322 valence electrons. The number of ether oxygens (including phenoxy) is 2. The average molecular weight is 907 g/mol. The van der Waals surface area contributed by atoms with Gasteiger partial charge >= 0.3 is 17.6 Å². The number of carbonyl (C=O) groups excluding carboxylic acids is 1. The monoisotopic (exact) mass is 905 g/mol. The molecule has 12 nitrogen and oxygen atoms in total. The second-order valence-electron chi connectivity index (χ2n) is 20.4. The fourth-order valence-electron chi connectivity index (χ4n) is 5.83. The highest BCUT2D eigenvalue weighted by molar-refractivity contribution is 6.91. The van der Waals surface area contributed by atoms with E-state index in [4.69, 9.17) is 39.9 Å². The quantitative estimate of drug-likeness (QED) is 0.0365. The molecule has 4 N–H and O–H groups in total. The largest absolute Gasteiger partial charge is 0.469 e. The molecule has 0 aliphatic rings. The number of nitrogens with two attached hydrogens (primary N) is 1. The minimum atomic E-state index is -2.98. The summed E-state index contributed by atoms with van der Waals surface area (Å²) in [5, 5.41) is 21.9.